The normalized spacial score (nSPS) is 26.8. The lowest BCUT2D eigenvalue weighted by molar-refractivity contribution is 0.0967. The van der Waals surface area contributed by atoms with Gasteiger partial charge in [-0.2, -0.15) is 5.10 Å². The van der Waals surface area contributed by atoms with Crippen LogP contribution in [0.2, 0.25) is 0 Å². The van der Waals surface area contributed by atoms with Crippen molar-refractivity contribution in [2.45, 2.75) is 44.2 Å². The Morgan fingerprint density at radius 1 is 1.38 bits per heavy atom. The van der Waals surface area contributed by atoms with Gasteiger partial charge in [0.25, 0.3) is 0 Å². The number of carbonyl (C=O) groups is 1. The molecule has 0 spiro atoms. The molecule has 1 unspecified atom stereocenters. The second-order valence-corrected chi connectivity index (χ2v) is 7.81. The number of carbonyl (C=O) groups excluding carboxylic acids is 1. The maximum absolute atomic E-state index is 12.5. The molecular formula is C19H33N5O2. The first-order valence-electron chi connectivity index (χ1n) is 9.84. The summed E-state index contributed by atoms with van der Waals surface area (Å²) in [5, 5.41) is 7.38. The van der Waals surface area contributed by atoms with E-state index in [1.807, 2.05) is 29.9 Å². The highest BCUT2D eigenvalue weighted by Crippen LogP contribution is 2.35. The Balaban J connectivity index is 1.52. The molecule has 3 atom stereocenters. The molecule has 1 N–H and O–H groups in total. The van der Waals surface area contributed by atoms with E-state index in [-0.39, 0.29) is 6.03 Å². The second-order valence-electron chi connectivity index (χ2n) is 7.81. The number of urea groups is 1. The fourth-order valence-electron chi connectivity index (χ4n) is 4.35. The number of likely N-dealkylation sites (tertiary alicyclic amines) is 1. The molecule has 7 nitrogen and oxygen atoms in total. The predicted octanol–water partition coefficient (Wildman–Crippen LogP) is 2.01. The molecule has 0 saturated carbocycles. The van der Waals surface area contributed by atoms with Crippen LogP contribution in [-0.4, -0.2) is 72.1 Å². The summed E-state index contributed by atoms with van der Waals surface area (Å²) in [6.07, 6.45) is 9.86. The van der Waals surface area contributed by atoms with E-state index < -0.39 is 0 Å². The number of hydrogen-bond donors (Lipinski definition) is 1. The summed E-state index contributed by atoms with van der Waals surface area (Å²) >= 11 is 0. The number of aromatic nitrogens is 2. The molecule has 1 aromatic rings. The molecule has 3 rings (SSSR count). The van der Waals surface area contributed by atoms with Crippen molar-refractivity contribution in [3.05, 3.63) is 18.0 Å². The van der Waals surface area contributed by atoms with E-state index in [2.05, 4.69) is 28.6 Å². The van der Waals surface area contributed by atoms with E-state index in [0.29, 0.717) is 24.6 Å². The Bertz CT molecular complexity index is 584. The van der Waals surface area contributed by atoms with Gasteiger partial charge < -0.3 is 15.0 Å². The van der Waals surface area contributed by atoms with Crippen molar-refractivity contribution in [3.8, 4) is 0 Å². The Morgan fingerprint density at radius 3 is 2.92 bits per heavy atom. The topological polar surface area (TPSA) is 62.6 Å². The summed E-state index contributed by atoms with van der Waals surface area (Å²) in [6, 6.07) is 0.334. The molecule has 146 valence electrons. The van der Waals surface area contributed by atoms with Gasteiger partial charge in [-0.05, 0) is 51.6 Å². The van der Waals surface area contributed by atoms with Crippen LogP contribution in [0.4, 0.5) is 4.79 Å². The van der Waals surface area contributed by atoms with E-state index in [0.717, 1.165) is 45.4 Å². The third-order valence-corrected chi connectivity index (χ3v) is 5.70. The molecule has 3 heterocycles. The fraction of sp³-hybridized carbons (Fsp3) is 0.789. The van der Waals surface area contributed by atoms with Gasteiger partial charge in [-0.15, -0.1) is 0 Å². The predicted molar refractivity (Wildman–Crippen MR) is 101 cm³/mol. The number of hydrogen-bond acceptors (Lipinski definition) is 4. The third kappa shape index (κ3) is 4.76. The smallest absolute Gasteiger partial charge is 0.317 e. The quantitative estimate of drug-likeness (QED) is 0.840. The van der Waals surface area contributed by atoms with Gasteiger partial charge in [-0.3, -0.25) is 9.58 Å². The van der Waals surface area contributed by atoms with Crippen molar-refractivity contribution in [2.24, 2.45) is 13.0 Å². The zero-order chi connectivity index (χ0) is 18.5. The fourth-order valence-corrected chi connectivity index (χ4v) is 4.35. The van der Waals surface area contributed by atoms with E-state index in [1.165, 1.54) is 12.0 Å². The zero-order valence-electron chi connectivity index (χ0n) is 16.4. The molecule has 26 heavy (non-hydrogen) atoms. The molecule has 1 aromatic heterocycles. The highest BCUT2D eigenvalue weighted by Gasteiger charge is 2.32. The van der Waals surface area contributed by atoms with Crippen molar-refractivity contribution < 1.29 is 9.53 Å². The number of piperidine rings is 1. The first kappa shape index (κ1) is 19.2. The lowest BCUT2D eigenvalue weighted by Crippen LogP contribution is -2.45. The number of rotatable bonds is 6. The van der Waals surface area contributed by atoms with Crippen LogP contribution in [0.15, 0.2) is 12.4 Å². The van der Waals surface area contributed by atoms with Crippen molar-refractivity contribution in [1.82, 2.24) is 24.9 Å². The van der Waals surface area contributed by atoms with Crippen LogP contribution in [-0.2, 0) is 11.8 Å². The number of nitrogens with zero attached hydrogens (tertiary/aromatic N) is 4. The molecule has 0 aliphatic carbocycles. The van der Waals surface area contributed by atoms with Crippen LogP contribution in [0.3, 0.4) is 0 Å². The lowest BCUT2D eigenvalue weighted by Gasteiger charge is -2.40. The Labute approximate surface area is 156 Å². The van der Waals surface area contributed by atoms with Crippen molar-refractivity contribution in [2.75, 3.05) is 40.3 Å². The monoisotopic (exact) mass is 363 g/mol. The first-order valence-corrected chi connectivity index (χ1v) is 9.84. The van der Waals surface area contributed by atoms with Gasteiger partial charge in [0.15, 0.2) is 0 Å². The van der Waals surface area contributed by atoms with Crippen molar-refractivity contribution >= 4 is 6.03 Å². The SMILES string of the molecule is CN(C[C@@H]1CCCN(C)[C@H]1c1cnn(C)c1)C(=O)NCCC1CCCO1. The number of aryl methyl sites for hydroxylation is 1. The van der Waals surface area contributed by atoms with Gasteiger partial charge in [0.2, 0.25) is 0 Å². The van der Waals surface area contributed by atoms with Gasteiger partial charge in [0, 0.05) is 51.6 Å². The minimum absolute atomic E-state index is 0.0150. The first-order chi connectivity index (χ1) is 12.5. The van der Waals surface area contributed by atoms with Gasteiger partial charge in [-0.25, -0.2) is 4.79 Å². The minimum Gasteiger partial charge on any atom is -0.378 e. The largest absolute Gasteiger partial charge is 0.378 e. The van der Waals surface area contributed by atoms with E-state index in [1.54, 1.807) is 0 Å². The van der Waals surface area contributed by atoms with Crippen LogP contribution >= 0.6 is 0 Å². The Kier molecular flexibility index (Phi) is 6.53. The van der Waals surface area contributed by atoms with Gasteiger partial charge in [0.1, 0.15) is 0 Å². The van der Waals surface area contributed by atoms with Crippen molar-refractivity contribution in [3.63, 3.8) is 0 Å². The van der Waals surface area contributed by atoms with Crippen LogP contribution in [0, 0.1) is 5.92 Å². The molecule has 7 heteroatoms. The Morgan fingerprint density at radius 2 is 2.23 bits per heavy atom. The molecule has 0 aromatic carbocycles. The summed E-state index contributed by atoms with van der Waals surface area (Å²) in [5.74, 6) is 0.423. The second kappa shape index (κ2) is 8.86. The van der Waals surface area contributed by atoms with E-state index in [4.69, 9.17) is 4.74 Å². The lowest BCUT2D eigenvalue weighted by atomic mass is 9.86. The number of amides is 2. The number of ether oxygens (including phenoxy) is 1. The molecule has 2 aliphatic rings. The average molecular weight is 364 g/mol. The van der Waals surface area contributed by atoms with Gasteiger partial charge in [0.05, 0.1) is 12.3 Å². The summed E-state index contributed by atoms with van der Waals surface area (Å²) in [5.41, 5.74) is 1.24. The molecule has 2 amide bonds. The molecular weight excluding hydrogens is 330 g/mol. The number of nitrogens with one attached hydrogen (secondary N) is 1. The molecule has 2 aliphatic heterocycles. The molecule has 2 saturated heterocycles. The molecule has 0 radical (unpaired) electrons. The minimum atomic E-state index is 0.0150. The summed E-state index contributed by atoms with van der Waals surface area (Å²) in [7, 11) is 6.02. The highest BCUT2D eigenvalue weighted by molar-refractivity contribution is 5.73. The zero-order valence-corrected chi connectivity index (χ0v) is 16.4. The highest BCUT2D eigenvalue weighted by atomic mass is 16.5. The molecule has 0 bridgehead atoms. The average Bonchev–Trinajstić information content (AvgIpc) is 3.26. The van der Waals surface area contributed by atoms with E-state index >= 15 is 0 Å². The van der Waals surface area contributed by atoms with Gasteiger partial charge in [-0.1, -0.05) is 0 Å². The Hall–Kier alpha value is -1.60. The maximum Gasteiger partial charge on any atom is 0.317 e. The van der Waals surface area contributed by atoms with E-state index in [9.17, 15) is 4.79 Å². The van der Waals surface area contributed by atoms with Gasteiger partial charge >= 0.3 is 6.03 Å². The van der Waals surface area contributed by atoms with Crippen LogP contribution in [0.5, 0.6) is 0 Å². The maximum atomic E-state index is 12.5. The van der Waals surface area contributed by atoms with Crippen molar-refractivity contribution in [1.29, 1.82) is 0 Å². The van der Waals surface area contributed by atoms with Crippen LogP contribution in [0.25, 0.3) is 0 Å². The van der Waals surface area contributed by atoms with Crippen LogP contribution in [0.1, 0.15) is 43.7 Å². The summed E-state index contributed by atoms with van der Waals surface area (Å²) < 4.78 is 7.47. The summed E-state index contributed by atoms with van der Waals surface area (Å²) in [4.78, 5) is 16.7. The van der Waals surface area contributed by atoms with Crippen LogP contribution < -0.4 is 5.32 Å². The standard InChI is InChI=1S/C19H33N5O2/c1-22-10-4-6-15(18(22)16-12-21-24(3)14-16)13-23(2)19(25)20-9-8-17-7-5-11-26-17/h12,14-15,17-18H,4-11,13H2,1-3H3,(H,20,25)/t15-,17?,18+/m0/s1. The third-order valence-electron chi connectivity index (χ3n) is 5.70. The summed E-state index contributed by atoms with van der Waals surface area (Å²) in [6.45, 7) is 3.40. The molecule has 2 fully saturated rings.